The van der Waals surface area contributed by atoms with E-state index in [-0.39, 0.29) is 5.78 Å². The molecule has 0 spiro atoms. The maximum Gasteiger partial charge on any atom is 0.178 e. The average molecular weight is 282 g/mol. The molecule has 4 heteroatoms. The molecule has 2 heterocycles. The molecule has 0 aromatic carbocycles. The minimum atomic E-state index is 0.115. The van der Waals surface area contributed by atoms with Gasteiger partial charge in [-0.25, -0.2) is 0 Å². The molecule has 0 bridgehead atoms. The Bertz CT molecular complexity index is 466. The van der Waals surface area contributed by atoms with Gasteiger partial charge >= 0.3 is 0 Å². The first-order chi connectivity index (χ1) is 7.25. The van der Waals surface area contributed by atoms with Crippen LogP contribution in [0.15, 0.2) is 40.3 Å². The van der Waals surface area contributed by atoms with Crippen LogP contribution in [0.4, 0.5) is 0 Å². The summed E-state index contributed by atoms with van der Waals surface area (Å²) >= 11 is 4.79. The molecule has 0 saturated carbocycles. The second-order valence-electron chi connectivity index (χ2n) is 3.02. The zero-order valence-corrected chi connectivity index (χ0v) is 10.2. The summed E-state index contributed by atoms with van der Waals surface area (Å²) in [6, 6.07) is 9.31. The molecular weight excluding hydrogens is 274 g/mol. The van der Waals surface area contributed by atoms with Gasteiger partial charge in [-0.3, -0.25) is 9.78 Å². The molecule has 76 valence electrons. The SMILES string of the molecule is O=C(Cc1ccccn1)c1ccc(Br)s1. The monoisotopic (exact) mass is 281 g/mol. The normalized spacial score (nSPS) is 10.2. The lowest BCUT2D eigenvalue weighted by Crippen LogP contribution is -2.02. The first kappa shape index (κ1) is 10.5. The standard InChI is InChI=1S/C11H8BrNOS/c12-11-5-4-10(15-11)9(14)7-8-3-1-2-6-13-8/h1-6H,7H2. The summed E-state index contributed by atoms with van der Waals surface area (Å²) in [5, 5.41) is 0. The van der Waals surface area contributed by atoms with Gasteiger partial charge in [0.1, 0.15) is 0 Å². The van der Waals surface area contributed by atoms with E-state index in [9.17, 15) is 4.79 Å². The Balaban J connectivity index is 2.11. The third kappa shape index (κ3) is 2.73. The number of hydrogen-bond donors (Lipinski definition) is 0. The van der Waals surface area contributed by atoms with Gasteiger partial charge in [-0.1, -0.05) is 6.07 Å². The van der Waals surface area contributed by atoms with Crippen LogP contribution in [0.5, 0.6) is 0 Å². The largest absolute Gasteiger partial charge is 0.293 e. The quantitative estimate of drug-likeness (QED) is 0.808. The van der Waals surface area contributed by atoms with Gasteiger partial charge in [0.2, 0.25) is 0 Å². The van der Waals surface area contributed by atoms with Crippen LogP contribution in [0.3, 0.4) is 0 Å². The lowest BCUT2D eigenvalue weighted by Gasteiger charge is -1.96. The van der Waals surface area contributed by atoms with E-state index in [2.05, 4.69) is 20.9 Å². The Morgan fingerprint density at radius 2 is 2.20 bits per heavy atom. The van der Waals surface area contributed by atoms with Crippen molar-refractivity contribution in [3.05, 3.63) is 50.9 Å². The first-order valence-electron chi connectivity index (χ1n) is 4.44. The molecule has 0 aliphatic carbocycles. The van der Waals surface area contributed by atoms with Gasteiger partial charge < -0.3 is 0 Å². The number of carbonyl (C=O) groups is 1. The Labute approximate surface area is 100 Å². The van der Waals surface area contributed by atoms with Crippen LogP contribution < -0.4 is 0 Å². The van der Waals surface area contributed by atoms with Crippen molar-refractivity contribution in [1.29, 1.82) is 0 Å². The zero-order valence-electron chi connectivity index (χ0n) is 7.81. The number of carbonyl (C=O) groups excluding carboxylic acids is 1. The highest BCUT2D eigenvalue weighted by molar-refractivity contribution is 9.11. The topological polar surface area (TPSA) is 30.0 Å². The van der Waals surface area contributed by atoms with Gasteiger partial charge in [0.25, 0.3) is 0 Å². The van der Waals surface area contributed by atoms with Crippen molar-refractivity contribution in [2.45, 2.75) is 6.42 Å². The third-order valence-electron chi connectivity index (χ3n) is 1.92. The number of thiophene rings is 1. The number of aromatic nitrogens is 1. The van der Waals surface area contributed by atoms with Crippen molar-refractivity contribution in [2.75, 3.05) is 0 Å². The molecule has 0 radical (unpaired) electrons. The van der Waals surface area contributed by atoms with E-state index in [0.717, 1.165) is 14.4 Å². The van der Waals surface area contributed by atoms with Crippen LogP contribution in [-0.4, -0.2) is 10.8 Å². The Morgan fingerprint density at radius 3 is 2.80 bits per heavy atom. The van der Waals surface area contributed by atoms with Crippen molar-refractivity contribution in [1.82, 2.24) is 4.98 Å². The van der Waals surface area contributed by atoms with Crippen molar-refractivity contribution in [3.8, 4) is 0 Å². The molecule has 0 aliphatic rings. The van der Waals surface area contributed by atoms with Crippen molar-refractivity contribution in [3.63, 3.8) is 0 Å². The fraction of sp³-hybridized carbons (Fsp3) is 0.0909. The average Bonchev–Trinajstić information content (AvgIpc) is 2.66. The predicted octanol–water partition coefficient (Wildman–Crippen LogP) is 3.33. The van der Waals surface area contributed by atoms with E-state index in [1.165, 1.54) is 11.3 Å². The summed E-state index contributed by atoms with van der Waals surface area (Å²) in [7, 11) is 0. The molecule has 0 fully saturated rings. The van der Waals surface area contributed by atoms with Gasteiger partial charge in [-0.05, 0) is 40.2 Å². The van der Waals surface area contributed by atoms with Gasteiger partial charge in [0.15, 0.2) is 5.78 Å². The van der Waals surface area contributed by atoms with Crippen LogP contribution in [0.1, 0.15) is 15.4 Å². The summed E-state index contributed by atoms with van der Waals surface area (Å²) in [5.41, 5.74) is 0.812. The Hall–Kier alpha value is -1.000. The maximum absolute atomic E-state index is 11.8. The molecule has 2 nitrogen and oxygen atoms in total. The number of ketones is 1. The second kappa shape index (κ2) is 4.68. The fourth-order valence-electron chi connectivity index (χ4n) is 1.22. The van der Waals surface area contributed by atoms with Crippen molar-refractivity contribution >= 4 is 33.0 Å². The van der Waals surface area contributed by atoms with Crippen LogP contribution in [0.2, 0.25) is 0 Å². The molecule has 0 atom stereocenters. The molecular formula is C11H8BrNOS. The molecule has 2 aromatic rings. The zero-order chi connectivity index (χ0) is 10.7. The lowest BCUT2D eigenvalue weighted by atomic mass is 10.2. The Morgan fingerprint density at radius 1 is 1.33 bits per heavy atom. The van der Waals surface area contributed by atoms with E-state index in [1.807, 2.05) is 30.3 Å². The number of hydrogen-bond acceptors (Lipinski definition) is 3. The van der Waals surface area contributed by atoms with E-state index in [4.69, 9.17) is 0 Å². The minimum Gasteiger partial charge on any atom is -0.293 e. The summed E-state index contributed by atoms with van der Waals surface area (Å²) < 4.78 is 0.979. The Kier molecular flexibility index (Phi) is 3.28. The maximum atomic E-state index is 11.8. The number of rotatable bonds is 3. The highest BCUT2D eigenvalue weighted by Crippen LogP contribution is 2.23. The summed E-state index contributed by atoms with van der Waals surface area (Å²) in [6.07, 6.45) is 2.07. The fourth-order valence-corrected chi connectivity index (χ4v) is 2.54. The van der Waals surface area contributed by atoms with Gasteiger partial charge in [-0.15, -0.1) is 11.3 Å². The van der Waals surface area contributed by atoms with Crippen LogP contribution >= 0.6 is 27.3 Å². The summed E-state index contributed by atoms with van der Waals surface area (Å²) in [6.45, 7) is 0. The van der Waals surface area contributed by atoms with E-state index < -0.39 is 0 Å². The van der Waals surface area contributed by atoms with E-state index in [0.29, 0.717) is 6.42 Å². The van der Waals surface area contributed by atoms with Crippen molar-refractivity contribution < 1.29 is 4.79 Å². The van der Waals surface area contributed by atoms with Crippen LogP contribution in [0, 0.1) is 0 Å². The van der Waals surface area contributed by atoms with E-state index in [1.54, 1.807) is 6.20 Å². The summed E-state index contributed by atoms with van der Waals surface area (Å²) in [5.74, 6) is 0.115. The third-order valence-corrected chi connectivity index (χ3v) is 3.58. The predicted molar refractivity (Wildman–Crippen MR) is 64.3 cm³/mol. The number of Topliss-reactive ketones (excluding diaryl/α,β-unsaturated/α-hetero) is 1. The van der Waals surface area contributed by atoms with E-state index >= 15 is 0 Å². The highest BCUT2D eigenvalue weighted by atomic mass is 79.9. The molecule has 0 saturated heterocycles. The molecule has 0 aliphatic heterocycles. The number of halogens is 1. The van der Waals surface area contributed by atoms with Gasteiger partial charge in [0.05, 0.1) is 15.1 Å². The molecule has 0 amide bonds. The smallest absolute Gasteiger partial charge is 0.178 e. The second-order valence-corrected chi connectivity index (χ2v) is 5.49. The molecule has 0 N–H and O–H groups in total. The molecule has 0 unspecified atom stereocenters. The molecule has 2 rings (SSSR count). The minimum absolute atomic E-state index is 0.115. The van der Waals surface area contributed by atoms with Crippen LogP contribution in [-0.2, 0) is 6.42 Å². The van der Waals surface area contributed by atoms with Crippen molar-refractivity contribution in [2.24, 2.45) is 0 Å². The van der Waals surface area contributed by atoms with Gasteiger partial charge in [0, 0.05) is 11.9 Å². The molecule has 15 heavy (non-hydrogen) atoms. The first-order valence-corrected chi connectivity index (χ1v) is 6.05. The van der Waals surface area contributed by atoms with Crippen LogP contribution in [0.25, 0.3) is 0 Å². The lowest BCUT2D eigenvalue weighted by molar-refractivity contribution is 0.0996. The molecule has 2 aromatic heterocycles. The van der Waals surface area contributed by atoms with Gasteiger partial charge in [-0.2, -0.15) is 0 Å². The summed E-state index contributed by atoms with van der Waals surface area (Å²) in [4.78, 5) is 16.7. The number of pyridine rings is 1. The number of nitrogens with zero attached hydrogens (tertiary/aromatic N) is 1. The highest BCUT2D eigenvalue weighted by Gasteiger charge is 2.09.